The monoisotopic (exact) mass is 381 g/mol. The smallest absolute Gasteiger partial charge is 0.172 e. The topological polar surface area (TPSA) is 42.2 Å². The lowest BCUT2D eigenvalue weighted by Gasteiger charge is -2.59. The zero-order chi connectivity index (χ0) is 19.6. The van der Waals surface area contributed by atoms with Crippen LogP contribution in [-0.2, 0) is 9.47 Å². The van der Waals surface area contributed by atoms with Gasteiger partial charge in [0.2, 0.25) is 0 Å². The van der Waals surface area contributed by atoms with Crippen LogP contribution in [0.1, 0.15) is 71.6 Å². The predicted molar refractivity (Wildman–Crippen MR) is 109 cm³/mol. The second-order valence-corrected chi connectivity index (χ2v) is 10.8. The molecule has 3 saturated carbocycles. The molecule has 3 heteroatoms. The summed E-state index contributed by atoms with van der Waals surface area (Å²) in [5.74, 6) is 2.78. The van der Waals surface area contributed by atoms with Crippen molar-refractivity contribution in [3.05, 3.63) is 23.8 Å². The first kappa shape index (κ1) is 18.9. The number of rotatable bonds is 2. The summed E-state index contributed by atoms with van der Waals surface area (Å²) < 4.78 is 12.1. The van der Waals surface area contributed by atoms with Gasteiger partial charge in [0, 0.05) is 18.4 Å². The van der Waals surface area contributed by atoms with Crippen molar-refractivity contribution in [2.24, 2.45) is 34.5 Å². The van der Waals surface area contributed by atoms with Crippen molar-refractivity contribution in [2.45, 2.75) is 77.4 Å². The SMILES string of the molecule is C=C(C#N)C[C@@H]1CC[C@H]2[C@@H]3CC=C4CC5(CC[C@]4(C)[C@H]3CC[C@]12C)OCCO5. The zero-order valence-electron chi connectivity index (χ0n) is 17.6. The number of hydrogen-bond acceptors (Lipinski definition) is 3. The molecule has 6 atom stereocenters. The first-order valence-electron chi connectivity index (χ1n) is 11.5. The summed E-state index contributed by atoms with van der Waals surface area (Å²) in [5, 5.41) is 9.24. The van der Waals surface area contributed by atoms with Crippen LogP contribution < -0.4 is 0 Å². The van der Waals surface area contributed by atoms with Gasteiger partial charge in [0.05, 0.1) is 19.3 Å². The molecule has 1 aliphatic heterocycles. The number of nitrogens with zero attached hydrogens (tertiary/aromatic N) is 1. The van der Waals surface area contributed by atoms with E-state index in [1.54, 1.807) is 5.57 Å². The van der Waals surface area contributed by atoms with E-state index in [9.17, 15) is 5.26 Å². The minimum absolute atomic E-state index is 0.308. The molecule has 1 saturated heterocycles. The van der Waals surface area contributed by atoms with Crippen molar-refractivity contribution < 1.29 is 9.47 Å². The van der Waals surface area contributed by atoms with Crippen molar-refractivity contribution in [3.8, 4) is 6.07 Å². The maximum atomic E-state index is 9.24. The summed E-state index contributed by atoms with van der Waals surface area (Å²) in [6, 6.07) is 2.30. The third kappa shape index (κ3) is 2.60. The average molecular weight is 382 g/mol. The quantitative estimate of drug-likeness (QED) is 0.450. The summed E-state index contributed by atoms with van der Waals surface area (Å²) in [4.78, 5) is 0. The molecule has 28 heavy (non-hydrogen) atoms. The van der Waals surface area contributed by atoms with Gasteiger partial charge in [-0.2, -0.15) is 5.26 Å². The maximum Gasteiger partial charge on any atom is 0.172 e. The predicted octanol–water partition coefficient (Wildman–Crippen LogP) is 5.78. The van der Waals surface area contributed by atoms with Gasteiger partial charge in [0.1, 0.15) is 0 Å². The van der Waals surface area contributed by atoms with E-state index in [2.05, 4.69) is 32.6 Å². The van der Waals surface area contributed by atoms with E-state index in [1.807, 2.05) is 0 Å². The van der Waals surface area contributed by atoms with Crippen molar-refractivity contribution in [3.63, 3.8) is 0 Å². The highest BCUT2D eigenvalue weighted by atomic mass is 16.7. The highest BCUT2D eigenvalue weighted by molar-refractivity contribution is 5.27. The third-order valence-corrected chi connectivity index (χ3v) is 9.77. The molecule has 4 aliphatic carbocycles. The molecule has 152 valence electrons. The fourth-order valence-electron chi connectivity index (χ4n) is 8.14. The van der Waals surface area contributed by atoms with E-state index in [4.69, 9.17) is 9.47 Å². The lowest BCUT2D eigenvalue weighted by Crippen LogP contribution is -2.52. The van der Waals surface area contributed by atoms with E-state index in [-0.39, 0.29) is 5.79 Å². The Hall–Kier alpha value is -1.11. The van der Waals surface area contributed by atoms with Crippen LogP contribution >= 0.6 is 0 Å². The number of ether oxygens (including phenoxy) is 2. The van der Waals surface area contributed by atoms with Crippen LogP contribution in [0.2, 0.25) is 0 Å². The van der Waals surface area contributed by atoms with E-state index in [0.29, 0.717) is 16.7 Å². The molecule has 0 aromatic carbocycles. The molecule has 0 radical (unpaired) electrons. The summed E-state index contributed by atoms with van der Waals surface area (Å²) in [7, 11) is 0. The second kappa shape index (κ2) is 6.44. The molecular weight excluding hydrogens is 346 g/mol. The fourth-order valence-corrected chi connectivity index (χ4v) is 8.14. The number of fused-ring (bicyclic) bond motifs is 5. The molecular formula is C25H35NO2. The van der Waals surface area contributed by atoms with Crippen molar-refractivity contribution in [1.82, 2.24) is 0 Å². The molecule has 5 rings (SSSR count). The van der Waals surface area contributed by atoms with Gasteiger partial charge < -0.3 is 9.47 Å². The Morgan fingerprint density at radius 3 is 2.68 bits per heavy atom. The van der Waals surface area contributed by atoms with E-state index in [0.717, 1.165) is 55.8 Å². The van der Waals surface area contributed by atoms with Gasteiger partial charge in [-0.1, -0.05) is 32.1 Å². The van der Waals surface area contributed by atoms with E-state index < -0.39 is 0 Å². The van der Waals surface area contributed by atoms with Crippen LogP contribution in [0.4, 0.5) is 0 Å². The first-order valence-corrected chi connectivity index (χ1v) is 11.5. The maximum absolute atomic E-state index is 9.24. The van der Waals surface area contributed by atoms with Crippen LogP contribution in [-0.4, -0.2) is 19.0 Å². The minimum Gasteiger partial charge on any atom is -0.347 e. The molecule has 1 heterocycles. The lowest BCUT2D eigenvalue weighted by atomic mass is 9.47. The van der Waals surface area contributed by atoms with Crippen molar-refractivity contribution in [1.29, 1.82) is 5.26 Å². The summed E-state index contributed by atoms with van der Waals surface area (Å²) >= 11 is 0. The molecule has 0 N–H and O–H groups in total. The zero-order valence-corrected chi connectivity index (χ0v) is 17.6. The van der Waals surface area contributed by atoms with Crippen molar-refractivity contribution in [2.75, 3.05) is 13.2 Å². The Morgan fingerprint density at radius 1 is 1.14 bits per heavy atom. The Labute approximate surface area is 170 Å². The molecule has 0 bridgehead atoms. The standard InChI is InChI=1S/C25H35NO2/c1-17(16-26)14-18-5-7-21-20-6-4-19-15-25(27-12-13-28-25)11-10-24(19,3)22(20)8-9-23(18,21)2/h4,18,20-22H,1,5-15H2,2-3H3/t18-,20-,21-,22-,23+,24-/m0/s1. The molecule has 0 aromatic heterocycles. The van der Waals surface area contributed by atoms with Gasteiger partial charge in [-0.25, -0.2) is 0 Å². The van der Waals surface area contributed by atoms with Crippen LogP contribution in [0.5, 0.6) is 0 Å². The third-order valence-electron chi connectivity index (χ3n) is 9.77. The van der Waals surface area contributed by atoms with Gasteiger partial charge in [-0.05, 0) is 79.4 Å². The Morgan fingerprint density at radius 2 is 1.93 bits per heavy atom. The molecule has 3 nitrogen and oxygen atoms in total. The fraction of sp³-hybridized carbons (Fsp3) is 0.800. The first-order chi connectivity index (χ1) is 13.4. The molecule has 0 amide bonds. The lowest BCUT2D eigenvalue weighted by molar-refractivity contribution is -0.185. The van der Waals surface area contributed by atoms with E-state index >= 15 is 0 Å². The van der Waals surface area contributed by atoms with Gasteiger partial charge >= 0.3 is 0 Å². The summed E-state index contributed by atoms with van der Waals surface area (Å²) in [6.07, 6.45) is 13.3. The van der Waals surface area contributed by atoms with Crippen molar-refractivity contribution >= 4 is 0 Å². The van der Waals surface area contributed by atoms with Gasteiger partial charge in [0.25, 0.3) is 0 Å². The summed E-state index contributed by atoms with van der Waals surface area (Å²) in [5.41, 5.74) is 3.13. The summed E-state index contributed by atoms with van der Waals surface area (Å²) in [6.45, 7) is 10.6. The van der Waals surface area contributed by atoms with Crippen LogP contribution in [0, 0.1) is 45.8 Å². The number of hydrogen-bond donors (Lipinski definition) is 0. The van der Waals surface area contributed by atoms with Crippen LogP contribution in [0.15, 0.2) is 23.8 Å². The molecule has 0 unspecified atom stereocenters. The Balaban J connectivity index is 1.40. The van der Waals surface area contributed by atoms with Gasteiger partial charge in [0.15, 0.2) is 5.79 Å². The average Bonchev–Trinajstić information content (AvgIpc) is 3.27. The Kier molecular flexibility index (Phi) is 4.35. The number of nitriles is 1. The van der Waals surface area contributed by atoms with Gasteiger partial charge in [-0.3, -0.25) is 0 Å². The number of allylic oxidation sites excluding steroid dienone is 2. The second-order valence-electron chi connectivity index (χ2n) is 10.8. The van der Waals surface area contributed by atoms with Gasteiger partial charge in [-0.15, -0.1) is 0 Å². The minimum atomic E-state index is -0.308. The highest BCUT2D eigenvalue weighted by Gasteiger charge is 2.60. The van der Waals surface area contributed by atoms with Crippen LogP contribution in [0.3, 0.4) is 0 Å². The highest BCUT2D eigenvalue weighted by Crippen LogP contribution is 2.67. The molecule has 5 aliphatic rings. The molecule has 1 spiro atoms. The Bertz CT molecular complexity index is 742. The molecule has 0 aromatic rings. The molecule has 4 fully saturated rings. The van der Waals surface area contributed by atoms with Crippen LogP contribution in [0.25, 0.3) is 0 Å². The largest absolute Gasteiger partial charge is 0.347 e. The normalized spacial score (nSPS) is 46.2. The van der Waals surface area contributed by atoms with E-state index in [1.165, 1.54) is 38.5 Å².